The van der Waals surface area contributed by atoms with Gasteiger partial charge in [-0.3, -0.25) is 16.3 Å². The molecule has 0 bridgehead atoms. The Balaban J connectivity index is 1.75. The maximum atomic E-state index is 5.69. The summed E-state index contributed by atoms with van der Waals surface area (Å²) in [5.41, 5.74) is 6.02. The number of para-hydroxylation sites is 1. The predicted octanol–water partition coefficient (Wildman–Crippen LogP) is 2.62. The zero-order valence-corrected chi connectivity index (χ0v) is 12.7. The zero-order valence-electron chi connectivity index (χ0n) is 11.9. The molecule has 108 valence electrons. The highest BCUT2D eigenvalue weighted by molar-refractivity contribution is 7.09. The zero-order chi connectivity index (χ0) is 14.7. The van der Waals surface area contributed by atoms with Gasteiger partial charge in [-0.2, -0.15) is 0 Å². The summed E-state index contributed by atoms with van der Waals surface area (Å²) in [4.78, 5) is 9.19. The second kappa shape index (κ2) is 6.30. The Morgan fingerprint density at radius 1 is 1.14 bits per heavy atom. The summed E-state index contributed by atoms with van der Waals surface area (Å²) in [5.74, 6) is 5.69. The maximum Gasteiger partial charge on any atom is 0.0944 e. The largest absolute Gasteiger partial charge is 0.271 e. The lowest BCUT2D eigenvalue weighted by atomic mass is 10.1. The molecule has 0 spiro atoms. The van der Waals surface area contributed by atoms with Crippen molar-refractivity contribution in [2.75, 3.05) is 0 Å². The molecule has 3 N–H and O–H groups in total. The monoisotopic (exact) mass is 298 g/mol. The molecule has 0 amide bonds. The molecule has 0 saturated heterocycles. The van der Waals surface area contributed by atoms with Gasteiger partial charge in [-0.15, -0.1) is 11.3 Å². The number of nitrogens with one attached hydrogen (secondary N) is 1. The molecular weight excluding hydrogens is 280 g/mol. The number of nitrogens with zero attached hydrogens (tertiary/aromatic N) is 2. The first-order valence-corrected chi connectivity index (χ1v) is 7.84. The molecule has 0 aliphatic carbocycles. The average molecular weight is 298 g/mol. The SMILES string of the molecule is Cc1csc(CC(Cc2ccc3ccccc3n2)NN)n1. The van der Waals surface area contributed by atoms with Crippen LogP contribution in [0.25, 0.3) is 10.9 Å². The van der Waals surface area contributed by atoms with Crippen molar-refractivity contribution in [3.63, 3.8) is 0 Å². The van der Waals surface area contributed by atoms with Crippen LogP contribution >= 0.6 is 11.3 Å². The smallest absolute Gasteiger partial charge is 0.0944 e. The van der Waals surface area contributed by atoms with Crippen LogP contribution in [0, 0.1) is 6.92 Å². The van der Waals surface area contributed by atoms with Gasteiger partial charge in [0.15, 0.2) is 0 Å². The summed E-state index contributed by atoms with van der Waals surface area (Å²) in [6.07, 6.45) is 1.61. The Morgan fingerprint density at radius 3 is 2.76 bits per heavy atom. The summed E-state index contributed by atoms with van der Waals surface area (Å²) in [6.45, 7) is 2.01. The van der Waals surface area contributed by atoms with E-state index in [2.05, 4.69) is 34.0 Å². The highest BCUT2D eigenvalue weighted by atomic mass is 32.1. The first-order chi connectivity index (χ1) is 10.2. The first-order valence-electron chi connectivity index (χ1n) is 6.96. The Hall–Kier alpha value is -1.82. The number of hydrogen-bond donors (Lipinski definition) is 2. The molecule has 1 atom stereocenters. The second-order valence-electron chi connectivity index (χ2n) is 5.15. The topological polar surface area (TPSA) is 63.8 Å². The van der Waals surface area contributed by atoms with Gasteiger partial charge in [0.2, 0.25) is 0 Å². The second-order valence-corrected chi connectivity index (χ2v) is 6.09. The minimum Gasteiger partial charge on any atom is -0.271 e. The van der Waals surface area contributed by atoms with E-state index in [-0.39, 0.29) is 6.04 Å². The molecule has 0 fully saturated rings. The molecule has 21 heavy (non-hydrogen) atoms. The minimum absolute atomic E-state index is 0.143. The average Bonchev–Trinajstić information content (AvgIpc) is 2.91. The van der Waals surface area contributed by atoms with Gasteiger partial charge in [-0.1, -0.05) is 24.3 Å². The van der Waals surface area contributed by atoms with Gasteiger partial charge in [0, 0.05) is 41.0 Å². The highest BCUT2D eigenvalue weighted by Gasteiger charge is 2.12. The summed E-state index contributed by atoms with van der Waals surface area (Å²) >= 11 is 1.68. The Morgan fingerprint density at radius 2 is 2.00 bits per heavy atom. The molecule has 1 unspecified atom stereocenters. The minimum atomic E-state index is 0.143. The van der Waals surface area contributed by atoms with E-state index in [1.54, 1.807) is 11.3 Å². The van der Waals surface area contributed by atoms with Gasteiger partial charge in [-0.05, 0) is 19.1 Å². The standard InChI is InChI=1S/C16H18N4S/c1-11-10-21-16(18-11)9-14(20-17)8-13-7-6-12-4-2-3-5-15(12)19-13/h2-7,10,14,20H,8-9,17H2,1H3. The van der Waals surface area contributed by atoms with Crippen molar-refractivity contribution in [3.8, 4) is 0 Å². The molecular formula is C16H18N4S. The number of rotatable bonds is 5. The molecule has 5 heteroatoms. The molecule has 3 rings (SSSR count). The van der Waals surface area contributed by atoms with Crippen LogP contribution in [0.1, 0.15) is 16.4 Å². The molecule has 2 heterocycles. The van der Waals surface area contributed by atoms with E-state index < -0.39 is 0 Å². The lowest BCUT2D eigenvalue weighted by Gasteiger charge is -2.14. The highest BCUT2D eigenvalue weighted by Crippen LogP contribution is 2.15. The number of benzene rings is 1. The maximum absolute atomic E-state index is 5.69. The number of hydrogen-bond acceptors (Lipinski definition) is 5. The van der Waals surface area contributed by atoms with Crippen molar-refractivity contribution in [1.82, 2.24) is 15.4 Å². The number of hydrazine groups is 1. The third-order valence-electron chi connectivity index (χ3n) is 3.43. The molecule has 0 aliphatic rings. The van der Waals surface area contributed by atoms with Gasteiger partial charge in [0.25, 0.3) is 0 Å². The van der Waals surface area contributed by atoms with Crippen molar-refractivity contribution >= 4 is 22.2 Å². The van der Waals surface area contributed by atoms with Crippen molar-refractivity contribution in [1.29, 1.82) is 0 Å². The number of aromatic nitrogens is 2. The van der Waals surface area contributed by atoms with E-state index in [0.717, 1.165) is 40.1 Å². The molecule has 0 radical (unpaired) electrons. The third-order valence-corrected chi connectivity index (χ3v) is 4.42. The Bertz CT molecular complexity index is 738. The summed E-state index contributed by atoms with van der Waals surface area (Å²) in [5, 5.41) is 4.34. The summed E-state index contributed by atoms with van der Waals surface area (Å²) in [7, 11) is 0. The van der Waals surface area contributed by atoms with E-state index in [9.17, 15) is 0 Å². The lowest BCUT2D eigenvalue weighted by Crippen LogP contribution is -2.38. The van der Waals surface area contributed by atoms with Crippen molar-refractivity contribution in [2.24, 2.45) is 5.84 Å². The van der Waals surface area contributed by atoms with Crippen LogP contribution < -0.4 is 11.3 Å². The van der Waals surface area contributed by atoms with Crippen LogP contribution in [0.15, 0.2) is 41.8 Å². The van der Waals surface area contributed by atoms with Crippen LogP contribution in [0.3, 0.4) is 0 Å². The summed E-state index contributed by atoms with van der Waals surface area (Å²) in [6, 6.07) is 12.5. The van der Waals surface area contributed by atoms with Crippen LogP contribution in [0.5, 0.6) is 0 Å². The number of aryl methyl sites for hydroxylation is 1. The molecule has 4 nitrogen and oxygen atoms in total. The Labute approximate surface area is 128 Å². The fourth-order valence-electron chi connectivity index (χ4n) is 2.37. The fraction of sp³-hybridized carbons (Fsp3) is 0.250. The number of fused-ring (bicyclic) bond motifs is 1. The third kappa shape index (κ3) is 3.44. The predicted molar refractivity (Wildman–Crippen MR) is 87.1 cm³/mol. The van der Waals surface area contributed by atoms with Gasteiger partial charge in [0.1, 0.15) is 0 Å². The molecule has 2 aromatic heterocycles. The molecule has 0 saturated carbocycles. The number of nitrogens with two attached hydrogens (primary N) is 1. The number of thiazole rings is 1. The molecule has 0 aliphatic heterocycles. The quantitative estimate of drug-likeness (QED) is 0.561. The summed E-state index contributed by atoms with van der Waals surface area (Å²) < 4.78 is 0. The van der Waals surface area contributed by atoms with Crippen molar-refractivity contribution in [2.45, 2.75) is 25.8 Å². The van der Waals surface area contributed by atoms with Crippen molar-refractivity contribution < 1.29 is 0 Å². The van der Waals surface area contributed by atoms with Gasteiger partial charge < -0.3 is 0 Å². The first kappa shape index (κ1) is 14.1. The van der Waals surface area contributed by atoms with Crippen LogP contribution in [-0.2, 0) is 12.8 Å². The molecule has 3 aromatic rings. The number of pyridine rings is 1. The van der Waals surface area contributed by atoms with E-state index >= 15 is 0 Å². The van der Waals surface area contributed by atoms with Crippen LogP contribution in [0.2, 0.25) is 0 Å². The van der Waals surface area contributed by atoms with Crippen LogP contribution in [0.4, 0.5) is 0 Å². The lowest BCUT2D eigenvalue weighted by molar-refractivity contribution is 0.517. The van der Waals surface area contributed by atoms with Gasteiger partial charge in [0.05, 0.1) is 10.5 Å². The molecule has 1 aromatic carbocycles. The van der Waals surface area contributed by atoms with E-state index in [0.29, 0.717) is 0 Å². The van der Waals surface area contributed by atoms with Gasteiger partial charge >= 0.3 is 0 Å². The van der Waals surface area contributed by atoms with E-state index in [1.165, 1.54) is 0 Å². The van der Waals surface area contributed by atoms with Crippen LogP contribution in [-0.4, -0.2) is 16.0 Å². The fourth-order valence-corrected chi connectivity index (χ4v) is 3.23. The Kier molecular flexibility index (Phi) is 4.24. The van der Waals surface area contributed by atoms with E-state index in [1.807, 2.05) is 25.1 Å². The van der Waals surface area contributed by atoms with Gasteiger partial charge in [-0.25, -0.2) is 4.98 Å². The van der Waals surface area contributed by atoms with Crippen molar-refractivity contribution in [3.05, 3.63) is 58.2 Å². The normalized spacial score (nSPS) is 12.7. The van der Waals surface area contributed by atoms with E-state index in [4.69, 9.17) is 10.8 Å².